The molecule has 0 fully saturated rings. The fourth-order valence-electron chi connectivity index (χ4n) is 7.93. The molecule has 0 aliphatic rings. The Morgan fingerprint density at radius 3 is 0.966 bits per heavy atom. The summed E-state index contributed by atoms with van der Waals surface area (Å²) in [5.41, 5.74) is 0. The molecule has 2 atom stereocenters. The molecule has 0 saturated heterocycles. The predicted molar refractivity (Wildman–Crippen MR) is 258 cm³/mol. The number of hydrogen-bond acceptors (Lipinski definition) is 8. The van der Waals surface area contributed by atoms with Crippen LogP contribution < -0.4 is 21.3 Å². The van der Waals surface area contributed by atoms with Crippen LogP contribution in [-0.4, -0.2) is 105 Å². The van der Waals surface area contributed by atoms with Gasteiger partial charge in [-0.2, -0.15) is 0 Å². The number of ether oxygens (including phenoxy) is 4. The molecule has 4 N–H and O–H groups in total. The number of methoxy groups -OCH3 is 1. The lowest BCUT2D eigenvalue weighted by atomic mass is 10.0. The topological polar surface area (TPSA) is 85.0 Å². The second-order valence-corrected chi connectivity index (χ2v) is 17.6. The van der Waals surface area contributed by atoms with E-state index in [2.05, 4.69) is 42.0 Å². The molecular formula is C51H108N4O4. The maximum absolute atomic E-state index is 6.15. The van der Waals surface area contributed by atoms with E-state index >= 15 is 0 Å². The van der Waals surface area contributed by atoms with Crippen molar-refractivity contribution in [3.05, 3.63) is 0 Å². The van der Waals surface area contributed by atoms with Crippen LogP contribution in [0.5, 0.6) is 0 Å². The molecule has 0 amide bonds. The van der Waals surface area contributed by atoms with Gasteiger partial charge in [-0.15, -0.1) is 0 Å². The monoisotopic (exact) mass is 841 g/mol. The quantitative estimate of drug-likeness (QED) is 0.0451. The van der Waals surface area contributed by atoms with Crippen LogP contribution in [0.3, 0.4) is 0 Å². The normalized spacial score (nSPS) is 12.8. The summed E-state index contributed by atoms with van der Waals surface area (Å²) in [7, 11) is 1.77. The van der Waals surface area contributed by atoms with Gasteiger partial charge in [0.05, 0.1) is 25.4 Å². The third-order valence-corrected chi connectivity index (χ3v) is 11.7. The second kappa shape index (κ2) is 53.8. The Hall–Kier alpha value is -0.320. The van der Waals surface area contributed by atoms with Crippen LogP contribution in [0, 0.1) is 0 Å². The molecule has 2 unspecified atom stereocenters. The summed E-state index contributed by atoms with van der Waals surface area (Å²) >= 11 is 0. The zero-order valence-electron chi connectivity index (χ0n) is 40.6. The van der Waals surface area contributed by atoms with Crippen molar-refractivity contribution < 1.29 is 18.9 Å². The van der Waals surface area contributed by atoms with Gasteiger partial charge in [0.1, 0.15) is 0 Å². The molecule has 0 aromatic rings. The maximum atomic E-state index is 6.15. The fourth-order valence-corrected chi connectivity index (χ4v) is 7.93. The number of hydrogen-bond donors (Lipinski definition) is 4. The lowest BCUT2D eigenvalue weighted by molar-refractivity contribution is -0.0113. The van der Waals surface area contributed by atoms with Crippen LogP contribution in [0.1, 0.15) is 226 Å². The Morgan fingerprint density at radius 2 is 0.627 bits per heavy atom. The maximum Gasteiger partial charge on any atom is 0.0932 e. The molecule has 59 heavy (non-hydrogen) atoms. The van der Waals surface area contributed by atoms with Crippen molar-refractivity contribution >= 4 is 0 Å². The van der Waals surface area contributed by atoms with E-state index in [1.807, 2.05) is 0 Å². The standard InChI is InChI=1S/C51H108N4O4/c1-5-8-10-12-14-16-18-20-22-24-26-28-30-32-34-36-44-57-49-51(58-7-3)47-55-43-41-53-39-38-52-40-42-54-46-50(48-56-4)59-45-37-35-33-31-29-27-25-23-21-19-17-15-13-11-9-6-2/h50-55H,5-49H2,1-4H3. The Bertz CT molecular complexity index is 736. The van der Waals surface area contributed by atoms with Gasteiger partial charge < -0.3 is 40.2 Å². The average molecular weight is 841 g/mol. The minimum absolute atomic E-state index is 0.128. The third-order valence-electron chi connectivity index (χ3n) is 11.7. The largest absolute Gasteiger partial charge is 0.382 e. The van der Waals surface area contributed by atoms with E-state index in [-0.39, 0.29) is 12.2 Å². The second-order valence-electron chi connectivity index (χ2n) is 17.6. The predicted octanol–water partition coefficient (Wildman–Crippen LogP) is 12.3. The first-order chi connectivity index (χ1) is 29.3. The van der Waals surface area contributed by atoms with Crippen LogP contribution in [0.15, 0.2) is 0 Å². The van der Waals surface area contributed by atoms with Crippen LogP contribution >= 0.6 is 0 Å². The molecular weight excluding hydrogens is 733 g/mol. The van der Waals surface area contributed by atoms with E-state index < -0.39 is 0 Å². The van der Waals surface area contributed by atoms with Gasteiger partial charge in [-0.1, -0.05) is 206 Å². The lowest BCUT2D eigenvalue weighted by Gasteiger charge is -2.18. The van der Waals surface area contributed by atoms with Crippen molar-refractivity contribution in [2.45, 2.75) is 238 Å². The Morgan fingerprint density at radius 1 is 0.322 bits per heavy atom. The van der Waals surface area contributed by atoms with Crippen molar-refractivity contribution in [3.63, 3.8) is 0 Å². The Kier molecular flexibility index (Phi) is 53.5. The zero-order valence-corrected chi connectivity index (χ0v) is 40.6. The van der Waals surface area contributed by atoms with Crippen LogP contribution in [0.4, 0.5) is 0 Å². The summed E-state index contributed by atoms with van der Waals surface area (Å²) in [6.45, 7) is 17.8. The molecule has 0 aromatic heterocycles. The summed E-state index contributed by atoms with van der Waals surface area (Å²) in [6.07, 6.45) is 45.0. The van der Waals surface area contributed by atoms with Gasteiger partial charge in [0.25, 0.3) is 0 Å². The molecule has 0 heterocycles. The van der Waals surface area contributed by atoms with Gasteiger partial charge in [-0.25, -0.2) is 0 Å². The van der Waals surface area contributed by atoms with E-state index in [1.165, 1.54) is 199 Å². The molecule has 0 saturated carbocycles. The minimum Gasteiger partial charge on any atom is -0.382 e. The zero-order chi connectivity index (χ0) is 42.6. The molecule has 0 radical (unpaired) electrons. The van der Waals surface area contributed by atoms with E-state index in [1.54, 1.807) is 7.11 Å². The molecule has 0 rings (SSSR count). The smallest absolute Gasteiger partial charge is 0.0932 e. The van der Waals surface area contributed by atoms with Gasteiger partial charge in [-0.05, 0) is 19.8 Å². The summed E-state index contributed by atoms with van der Waals surface area (Å²) < 4.78 is 23.5. The van der Waals surface area contributed by atoms with Gasteiger partial charge in [0.2, 0.25) is 0 Å². The SMILES string of the molecule is CCCCCCCCCCCCCCCCCCOCC(CNCCNCCNCCNCC(COC)OCCCCCCCCCCCCCCCCCC)OCC. The first-order valence-electron chi connectivity index (χ1n) is 26.4. The summed E-state index contributed by atoms with van der Waals surface area (Å²) in [5.74, 6) is 0. The molecule has 356 valence electrons. The van der Waals surface area contributed by atoms with Crippen LogP contribution in [0.25, 0.3) is 0 Å². The highest BCUT2D eigenvalue weighted by atomic mass is 16.5. The molecule has 0 bridgehead atoms. The molecule has 8 heteroatoms. The highest BCUT2D eigenvalue weighted by Gasteiger charge is 2.09. The highest BCUT2D eigenvalue weighted by molar-refractivity contribution is 4.65. The summed E-state index contributed by atoms with van der Waals surface area (Å²) in [5, 5.41) is 14.2. The number of rotatable bonds is 54. The summed E-state index contributed by atoms with van der Waals surface area (Å²) in [6, 6.07) is 0. The van der Waals surface area contributed by atoms with Gasteiger partial charge in [0, 0.05) is 79.3 Å². The third kappa shape index (κ3) is 50.2. The van der Waals surface area contributed by atoms with Crippen molar-refractivity contribution in [2.75, 3.05) is 92.5 Å². The van der Waals surface area contributed by atoms with Crippen molar-refractivity contribution in [2.24, 2.45) is 0 Å². The van der Waals surface area contributed by atoms with Gasteiger partial charge in [0.15, 0.2) is 0 Å². The van der Waals surface area contributed by atoms with E-state index in [0.717, 1.165) is 78.6 Å². The highest BCUT2D eigenvalue weighted by Crippen LogP contribution is 2.15. The number of nitrogens with one attached hydrogen (secondary N) is 4. The van der Waals surface area contributed by atoms with Crippen LogP contribution in [-0.2, 0) is 18.9 Å². The minimum atomic E-state index is 0.128. The molecule has 8 nitrogen and oxygen atoms in total. The van der Waals surface area contributed by atoms with Crippen molar-refractivity contribution in [1.82, 2.24) is 21.3 Å². The van der Waals surface area contributed by atoms with E-state index in [0.29, 0.717) is 13.2 Å². The molecule has 0 aliphatic heterocycles. The lowest BCUT2D eigenvalue weighted by Crippen LogP contribution is -2.39. The molecule has 0 spiro atoms. The first-order valence-corrected chi connectivity index (χ1v) is 26.4. The number of unbranched alkanes of at least 4 members (excludes halogenated alkanes) is 30. The molecule has 0 aromatic carbocycles. The van der Waals surface area contributed by atoms with Crippen molar-refractivity contribution in [3.8, 4) is 0 Å². The van der Waals surface area contributed by atoms with Crippen molar-refractivity contribution in [1.29, 1.82) is 0 Å². The summed E-state index contributed by atoms with van der Waals surface area (Å²) in [4.78, 5) is 0. The Labute approximate surface area is 370 Å². The van der Waals surface area contributed by atoms with Crippen LogP contribution in [0.2, 0.25) is 0 Å². The fraction of sp³-hybridized carbons (Fsp3) is 1.00. The van der Waals surface area contributed by atoms with E-state index in [9.17, 15) is 0 Å². The van der Waals surface area contributed by atoms with E-state index in [4.69, 9.17) is 18.9 Å². The van der Waals surface area contributed by atoms with Gasteiger partial charge in [-0.3, -0.25) is 0 Å². The van der Waals surface area contributed by atoms with Gasteiger partial charge >= 0.3 is 0 Å². The average Bonchev–Trinajstić information content (AvgIpc) is 3.24. The first kappa shape index (κ1) is 58.7. The molecule has 0 aliphatic carbocycles. The Balaban J connectivity index is 3.50.